The number of hydrogen-bond acceptors (Lipinski definition) is 7. The highest BCUT2D eigenvalue weighted by Crippen LogP contribution is 2.40. The highest BCUT2D eigenvalue weighted by atomic mass is 16.6. The number of hydrogen-bond donors (Lipinski definition) is 1. The molecule has 8 nitrogen and oxygen atoms in total. The molecule has 0 amide bonds. The number of carbonyl (C=O) groups excluding carboxylic acids is 1. The van der Waals surface area contributed by atoms with Crippen molar-refractivity contribution < 1.29 is 19.4 Å². The summed E-state index contributed by atoms with van der Waals surface area (Å²) in [6, 6.07) is 7.73. The minimum absolute atomic E-state index is 0.125. The van der Waals surface area contributed by atoms with Gasteiger partial charge >= 0.3 is 5.97 Å². The summed E-state index contributed by atoms with van der Waals surface area (Å²) in [6.07, 6.45) is 0.125. The second kappa shape index (κ2) is 6.63. The molecule has 8 heteroatoms. The molecule has 2 aromatic heterocycles. The van der Waals surface area contributed by atoms with Crippen LogP contribution in [-0.2, 0) is 34.8 Å². The molecule has 0 spiro atoms. The third-order valence-electron chi connectivity index (χ3n) is 6.99. The van der Waals surface area contributed by atoms with E-state index in [1.54, 1.807) is 17.6 Å². The highest BCUT2D eigenvalue weighted by molar-refractivity contribution is 5.89. The van der Waals surface area contributed by atoms with Gasteiger partial charge in [-0.15, -0.1) is 0 Å². The van der Waals surface area contributed by atoms with E-state index in [1.807, 2.05) is 12.1 Å². The maximum Gasteiger partial charge on any atom is 0.343 e. The van der Waals surface area contributed by atoms with E-state index in [1.165, 1.54) is 0 Å². The minimum Gasteiger partial charge on any atom is -0.478 e. The van der Waals surface area contributed by atoms with Gasteiger partial charge in [-0.05, 0) is 37.2 Å². The van der Waals surface area contributed by atoms with Crippen molar-refractivity contribution in [3.05, 3.63) is 56.9 Å². The summed E-state index contributed by atoms with van der Waals surface area (Å²) in [5.74, 6) is 0.157. The van der Waals surface area contributed by atoms with E-state index in [4.69, 9.17) is 14.5 Å². The normalized spacial score (nSPS) is 21.4. The van der Waals surface area contributed by atoms with Crippen molar-refractivity contribution in [2.24, 2.45) is 0 Å². The topological polar surface area (TPSA) is 93.9 Å². The lowest BCUT2D eigenvalue weighted by Gasteiger charge is -2.31. The average Bonchev–Trinajstić information content (AvgIpc) is 3.18. The first-order valence-electron chi connectivity index (χ1n) is 10.9. The molecule has 5 heterocycles. The molecule has 0 saturated carbocycles. The van der Waals surface area contributed by atoms with E-state index in [0.717, 1.165) is 40.9 Å². The summed E-state index contributed by atoms with van der Waals surface area (Å²) in [5.41, 5.74) is 2.80. The van der Waals surface area contributed by atoms with Crippen LogP contribution in [0.3, 0.4) is 0 Å². The van der Waals surface area contributed by atoms with Crippen LogP contribution in [0.25, 0.3) is 22.3 Å². The van der Waals surface area contributed by atoms with Gasteiger partial charge in [-0.2, -0.15) is 0 Å². The van der Waals surface area contributed by atoms with Crippen LogP contribution in [-0.4, -0.2) is 38.8 Å². The van der Waals surface area contributed by atoms with Crippen LogP contribution >= 0.6 is 0 Å². The summed E-state index contributed by atoms with van der Waals surface area (Å²) in [5, 5.41) is 12.0. The number of aromatic nitrogens is 2. The Labute approximate surface area is 184 Å². The second-order valence-corrected chi connectivity index (χ2v) is 8.63. The molecule has 0 unspecified atom stereocenters. The SMILES string of the molecule is CCN1COc2ccc3nc4c(cc3c2C1)Cn1c-4cc2c(c1=O)COC(=O)[C@]2(O)CC. The van der Waals surface area contributed by atoms with Gasteiger partial charge in [-0.1, -0.05) is 13.8 Å². The Bertz CT molecular complexity index is 1380. The van der Waals surface area contributed by atoms with Crippen LogP contribution in [0.1, 0.15) is 42.5 Å². The van der Waals surface area contributed by atoms with Crippen molar-refractivity contribution in [2.75, 3.05) is 13.3 Å². The smallest absolute Gasteiger partial charge is 0.343 e. The first-order chi connectivity index (χ1) is 15.4. The molecule has 3 aliphatic rings. The first kappa shape index (κ1) is 19.5. The number of esters is 1. The number of benzene rings is 1. The lowest BCUT2D eigenvalue weighted by molar-refractivity contribution is -0.172. The van der Waals surface area contributed by atoms with E-state index < -0.39 is 11.6 Å². The van der Waals surface area contributed by atoms with Gasteiger partial charge in [0.15, 0.2) is 5.60 Å². The predicted octanol–water partition coefficient (Wildman–Crippen LogP) is 2.25. The molecule has 6 rings (SSSR count). The lowest BCUT2D eigenvalue weighted by Crippen LogP contribution is -2.44. The number of cyclic esters (lactones) is 1. The van der Waals surface area contributed by atoms with Gasteiger partial charge in [-0.3, -0.25) is 9.69 Å². The first-order valence-corrected chi connectivity index (χ1v) is 10.9. The fourth-order valence-corrected chi connectivity index (χ4v) is 5.02. The largest absolute Gasteiger partial charge is 0.478 e. The van der Waals surface area contributed by atoms with Crippen molar-refractivity contribution in [1.82, 2.24) is 14.5 Å². The van der Waals surface area contributed by atoms with E-state index >= 15 is 0 Å². The van der Waals surface area contributed by atoms with Crippen LogP contribution in [0.5, 0.6) is 5.75 Å². The monoisotopic (exact) mass is 433 g/mol. The van der Waals surface area contributed by atoms with Gasteiger partial charge < -0.3 is 19.1 Å². The number of fused-ring (bicyclic) bond motifs is 7. The van der Waals surface area contributed by atoms with Gasteiger partial charge in [0.05, 0.1) is 29.0 Å². The molecule has 32 heavy (non-hydrogen) atoms. The second-order valence-electron chi connectivity index (χ2n) is 8.63. The Morgan fingerprint density at radius 1 is 1.12 bits per heavy atom. The molecular formula is C24H23N3O5. The highest BCUT2D eigenvalue weighted by Gasteiger charge is 2.45. The molecular weight excluding hydrogens is 410 g/mol. The van der Waals surface area contributed by atoms with Gasteiger partial charge in [0.2, 0.25) is 0 Å². The van der Waals surface area contributed by atoms with Crippen molar-refractivity contribution in [1.29, 1.82) is 0 Å². The van der Waals surface area contributed by atoms with Crippen molar-refractivity contribution >= 4 is 16.9 Å². The molecule has 3 aliphatic heterocycles. The van der Waals surface area contributed by atoms with Crippen LogP contribution in [0.2, 0.25) is 0 Å². The van der Waals surface area contributed by atoms with Crippen molar-refractivity contribution in [2.45, 2.75) is 45.6 Å². The molecule has 0 bridgehead atoms. The molecule has 0 radical (unpaired) electrons. The minimum atomic E-state index is -1.82. The predicted molar refractivity (Wildman–Crippen MR) is 116 cm³/mol. The number of aliphatic hydroxyl groups is 1. The number of rotatable bonds is 2. The van der Waals surface area contributed by atoms with Crippen LogP contribution in [0.15, 0.2) is 29.1 Å². The number of nitrogens with zero attached hydrogens (tertiary/aromatic N) is 3. The molecule has 3 aromatic rings. The Morgan fingerprint density at radius 3 is 2.75 bits per heavy atom. The fourth-order valence-electron chi connectivity index (χ4n) is 5.02. The zero-order valence-electron chi connectivity index (χ0n) is 18.0. The molecule has 0 aliphatic carbocycles. The molecule has 1 aromatic carbocycles. The Hall–Kier alpha value is -3.23. The van der Waals surface area contributed by atoms with E-state index in [9.17, 15) is 14.7 Å². The zero-order chi connectivity index (χ0) is 22.2. The van der Waals surface area contributed by atoms with Crippen molar-refractivity contribution in [3.8, 4) is 17.1 Å². The number of ether oxygens (including phenoxy) is 2. The summed E-state index contributed by atoms with van der Waals surface area (Å²) in [7, 11) is 0. The molecule has 0 saturated heterocycles. The van der Waals surface area contributed by atoms with Crippen LogP contribution < -0.4 is 10.3 Å². The maximum atomic E-state index is 13.3. The van der Waals surface area contributed by atoms with Crippen LogP contribution in [0.4, 0.5) is 0 Å². The average molecular weight is 433 g/mol. The molecule has 1 atom stereocenters. The Kier molecular flexibility index (Phi) is 4.03. The van der Waals surface area contributed by atoms with Gasteiger partial charge in [0, 0.05) is 28.6 Å². The number of pyridine rings is 2. The third kappa shape index (κ3) is 2.47. The standard InChI is InChI=1S/C24H23N3O5/c1-3-24(30)17-8-19-21-13(9-27(19)22(28)16(17)11-31-23(24)29)7-14-15-10-26(4-2)12-32-20(15)6-5-18(14)25-21/h5-8,30H,3-4,9-12H2,1-2H3/t24-/m0/s1. The van der Waals surface area contributed by atoms with E-state index in [0.29, 0.717) is 35.8 Å². The molecule has 1 N–H and O–H groups in total. The zero-order valence-corrected chi connectivity index (χ0v) is 18.0. The summed E-state index contributed by atoms with van der Waals surface area (Å²) in [6.45, 7) is 6.31. The summed E-state index contributed by atoms with van der Waals surface area (Å²) < 4.78 is 12.7. The lowest BCUT2D eigenvalue weighted by atomic mass is 9.86. The van der Waals surface area contributed by atoms with E-state index in [2.05, 4.69) is 17.9 Å². The fraction of sp³-hybridized carbons (Fsp3) is 0.375. The third-order valence-corrected chi connectivity index (χ3v) is 6.99. The van der Waals surface area contributed by atoms with Gasteiger partial charge in [-0.25, -0.2) is 9.78 Å². The maximum absolute atomic E-state index is 13.3. The van der Waals surface area contributed by atoms with Gasteiger partial charge in [0.1, 0.15) is 19.1 Å². The molecule has 164 valence electrons. The van der Waals surface area contributed by atoms with Crippen molar-refractivity contribution in [3.63, 3.8) is 0 Å². The van der Waals surface area contributed by atoms with E-state index in [-0.39, 0.29) is 18.6 Å². The Morgan fingerprint density at radius 2 is 1.97 bits per heavy atom. The Balaban J connectivity index is 1.56. The quantitative estimate of drug-likeness (QED) is 0.485. The van der Waals surface area contributed by atoms with Crippen LogP contribution in [0, 0.1) is 0 Å². The van der Waals surface area contributed by atoms with Gasteiger partial charge in [0.25, 0.3) is 5.56 Å². The summed E-state index contributed by atoms with van der Waals surface area (Å²) in [4.78, 5) is 32.7. The summed E-state index contributed by atoms with van der Waals surface area (Å²) >= 11 is 0. The molecule has 0 fully saturated rings. The number of carbonyl (C=O) groups is 1.